The monoisotopic (exact) mass is 730 g/mol. The van der Waals surface area contributed by atoms with Crippen LogP contribution in [0.3, 0.4) is 0 Å². The molecule has 7 heteroatoms. The first kappa shape index (κ1) is 33.4. The van der Waals surface area contributed by atoms with Gasteiger partial charge in [-0.2, -0.15) is 10.2 Å². The summed E-state index contributed by atoms with van der Waals surface area (Å²) >= 11 is 13.0. The Morgan fingerprint density at radius 2 is 0.811 bits per heavy atom. The van der Waals surface area contributed by atoms with Crippen molar-refractivity contribution in [1.29, 1.82) is 0 Å². The van der Waals surface area contributed by atoms with Gasteiger partial charge in [0.1, 0.15) is 11.1 Å². The van der Waals surface area contributed by atoms with Crippen LogP contribution in [0.2, 0.25) is 10.0 Å². The van der Waals surface area contributed by atoms with E-state index in [0.29, 0.717) is 22.9 Å². The molecule has 1 fully saturated rings. The number of anilines is 2. The van der Waals surface area contributed by atoms with E-state index in [1.165, 1.54) is 0 Å². The lowest BCUT2D eigenvalue weighted by molar-refractivity contribution is -0.132. The summed E-state index contributed by atoms with van der Waals surface area (Å²) in [5.41, 5.74) is 5.07. The van der Waals surface area contributed by atoms with E-state index in [9.17, 15) is 0 Å². The molecule has 5 nitrogen and oxygen atoms in total. The predicted octanol–water partition coefficient (Wildman–Crippen LogP) is 10.9. The first-order chi connectivity index (χ1) is 26.0. The number of hydrogen-bond donors (Lipinski definition) is 0. The van der Waals surface area contributed by atoms with Crippen molar-refractivity contribution in [3.05, 3.63) is 202 Å². The molecule has 2 unspecified atom stereocenters. The molecule has 260 valence electrons. The summed E-state index contributed by atoms with van der Waals surface area (Å²) in [6.07, 6.45) is 1.93. The van der Waals surface area contributed by atoms with E-state index in [2.05, 4.69) is 72.8 Å². The van der Waals surface area contributed by atoms with Crippen molar-refractivity contribution in [3.63, 3.8) is 0 Å². The number of nitrogens with zero attached hydrogens (tertiary/aromatic N) is 4. The Morgan fingerprint density at radius 3 is 1.17 bits per heavy atom. The molecule has 9 rings (SSSR count). The number of carbonyl (C=O) groups is 1. The molecule has 53 heavy (non-hydrogen) atoms. The minimum atomic E-state index is -1.13. The SMILES string of the molecule is O=C1C2(CCCC13[C@H](c1ccc(Cl)cc1)C(c1ccccc1)=NN3c1ccccc1)[C@H](c1ccc(Cl)cc1)C(c1ccccc1)=NN2c1ccccc1. The second-order valence-corrected chi connectivity index (χ2v) is 14.9. The maximum Gasteiger partial charge on any atom is 0.190 e. The van der Waals surface area contributed by atoms with Crippen molar-refractivity contribution in [2.24, 2.45) is 10.2 Å². The van der Waals surface area contributed by atoms with Crippen LogP contribution in [-0.4, -0.2) is 28.3 Å². The fourth-order valence-electron chi connectivity index (χ4n) is 8.95. The van der Waals surface area contributed by atoms with Crippen LogP contribution in [0, 0.1) is 0 Å². The van der Waals surface area contributed by atoms with Crippen molar-refractivity contribution in [3.8, 4) is 0 Å². The second-order valence-electron chi connectivity index (χ2n) is 14.0. The molecule has 0 amide bonds. The van der Waals surface area contributed by atoms with Gasteiger partial charge < -0.3 is 0 Å². The van der Waals surface area contributed by atoms with E-state index < -0.39 is 22.9 Å². The van der Waals surface area contributed by atoms with Gasteiger partial charge in [0, 0.05) is 10.0 Å². The summed E-state index contributed by atoms with van der Waals surface area (Å²) in [7, 11) is 0. The van der Waals surface area contributed by atoms with Crippen molar-refractivity contribution in [2.45, 2.75) is 42.2 Å². The molecule has 0 bridgehead atoms. The molecule has 4 atom stereocenters. The van der Waals surface area contributed by atoms with Gasteiger partial charge in [0.05, 0.1) is 34.6 Å². The smallest absolute Gasteiger partial charge is 0.190 e. The van der Waals surface area contributed by atoms with Crippen molar-refractivity contribution in [2.75, 3.05) is 10.0 Å². The van der Waals surface area contributed by atoms with Gasteiger partial charge in [0.25, 0.3) is 0 Å². The standard InChI is InChI=1S/C46H36Cl2N4O/c47-36-26-22-32(23-27-36)40-42(34-14-5-1-6-15-34)49-51(38-18-9-3-10-19-38)45(40)30-13-31-46(44(45)53)41(33-24-28-37(48)29-25-33)43(35-16-7-2-8-17-35)50-52(46)39-20-11-4-12-21-39/h1-12,14-29,40-41H,13,30-31H2/t40-,41-,45?,46?/m1/s1. The van der Waals surface area contributed by atoms with E-state index in [1.54, 1.807) is 0 Å². The summed E-state index contributed by atoms with van der Waals surface area (Å²) in [5.74, 6) is -0.763. The molecule has 3 aliphatic rings. The molecule has 0 radical (unpaired) electrons. The van der Waals surface area contributed by atoms with Crippen molar-refractivity contribution >= 4 is 51.8 Å². The molecule has 6 aromatic rings. The van der Waals surface area contributed by atoms with Crippen LogP contribution < -0.4 is 10.0 Å². The number of Topliss-reactive ketones (excluding diaryl/α,β-unsaturated/α-hetero) is 1. The number of ketones is 1. The zero-order valence-corrected chi connectivity index (χ0v) is 30.4. The Balaban J connectivity index is 1.34. The first-order valence-electron chi connectivity index (χ1n) is 18.0. The number of hydrazone groups is 2. The van der Waals surface area contributed by atoms with Crippen LogP contribution in [-0.2, 0) is 4.79 Å². The van der Waals surface area contributed by atoms with Gasteiger partial charge in [-0.3, -0.25) is 14.8 Å². The van der Waals surface area contributed by atoms with E-state index >= 15 is 4.79 Å². The maximum atomic E-state index is 16.9. The summed E-state index contributed by atoms with van der Waals surface area (Å²) in [6, 6.07) is 56.7. The molecule has 0 saturated heterocycles. The number of rotatable bonds is 6. The van der Waals surface area contributed by atoms with Crippen LogP contribution >= 0.6 is 23.2 Å². The molecule has 1 aliphatic carbocycles. The summed E-state index contributed by atoms with van der Waals surface area (Å²) in [4.78, 5) is 16.9. The number of hydrogen-bond acceptors (Lipinski definition) is 5. The number of benzene rings is 6. The Hall–Kier alpha value is -5.49. The summed E-state index contributed by atoms with van der Waals surface area (Å²) in [6.45, 7) is 0. The second kappa shape index (κ2) is 13.5. The van der Waals surface area contributed by atoms with Crippen LogP contribution in [0.1, 0.15) is 53.4 Å². The summed E-state index contributed by atoms with van der Waals surface area (Å²) < 4.78 is 0. The van der Waals surface area contributed by atoms with Crippen LogP contribution in [0.15, 0.2) is 180 Å². The minimum Gasteiger partial charge on any atom is -0.294 e. The van der Waals surface area contributed by atoms with Crippen LogP contribution in [0.25, 0.3) is 0 Å². The lowest BCUT2D eigenvalue weighted by atomic mass is 9.57. The minimum absolute atomic E-state index is 0.0771. The van der Waals surface area contributed by atoms with Crippen LogP contribution in [0.4, 0.5) is 11.4 Å². The lowest BCUT2D eigenvalue weighted by Gasteiger charge is -2.53. The third-order valence-electron chi connectivity index (χ3n) is 11.1. The summed E-state index contributed by atoms with van der Waals surface area (Å²) in [5, 5.41) is 16.4. The van der Waals surface area contributed by atoms with E-state index in [0.717, 1.165) is 51.5 Å². The Labute approximate surface area is 319 Å². The zero-order valence-electron chi connectivity index (χ0n) is 28.9. The van der Waals surface area contributed by atoms with Gasteiger partial charge in [-0.1, -0.05) is 145 Å². The van der Waals surface area contributed by atoms with Crippen molar-refractivity contribution < 1.29 is 4.79 Å². The molecule has 1 saturated carbocycles. The molecule has 0 aromatic heterocycles. The Morgan fingerprint density at radius 1 is 0.472 bits per heavy atom. The number of para-hydroxylation sites is 2. The van der Waals surface area contributed by atoms with Gasteiger partial charge >= 0.3 is 0 Å². The van der Waals surface area contributed by atoms with E-state index in [1.807, 2.05) is 107 Å². The fraction of sp³-hybridized carbons (Fsp3) is 0.152. The highest BCUT2D eigenvalue weighted by Crippen LogP contribution is 2.59. The van der Waals surface area contributed by atoms with Gasteiger partial charge in [-0.15, -0.1) is 0 Å². The highest BCUT2D eigenvalue weighted by atomic mass is 35.5. The molecule has 2 aliphatic heterocycles. The largest absolute Gasteiger partial charge is 0.294 e. The van der Waals surface area contributed by atoms with E-state index in [4.69, 9.17) is 33.4 Å². The van der Waals surface area contributed by atoms with Gasteiger partial charge in [-0.05, 0) is 90.0 Å². The Kier molecular flexibility index (Phi) is 8.49. The molecular formula is C46H36Cl2N4O. The molecule has 0 N–H and O–H groups in total. The average molecular weight is 732 g/mol. The molecule has 6 aromatic carbocycles. The van der Waals surface area contributed by atoms with Crippen molar-refractivity contribution in [1.82, 2.24) is 0 Å². The molecule has 2 spiro atoms. The zero-order chi connectivity index (χ0) is 36.0. The quantitative estimate of drug-likeness (QED) is 0.171. The fourth-order valence-corrected chi connectivity index (χ4v) is 9.20. The average Bonchev–Trinajstić information content (AvgIpc) is 3.73. The third kappa shape index (κ3) is 5.41. The lowest BCUT2D eigenvalue weighted by Crippen LogP contribution is -2.70. The Bertz CT molecular complexity index is 2150. The number of halogens is 2. The third-order valence-corrected chi connectivity index (χ3v) is 11.6. The van der Waals surface area contributed by atoms with Crippen LogP contribution in [0.5, 0.6) is 0 Å². The van der Waals surface area contributed by atoms with E-state index in [-0.39, 0.29) is 5.78 Å². The highest BCUT2D eigenvalue weighted by molar-refractivity contribution is 6.31. The highest BCUT2D eigenvalue weighted by Gasteiger charge is 2.70. The maximum absolute atomic E-state index is 16.9. The van der Waals surface area contributed by atoms with Gasteiger partial charge in [0.15, 0.2) is 5.78 Å². The van der Waals surface area contributed by atoms with Gasteiger partial charge in [0.2, 0.25) is 0 Å². The topological polar surface area (TPSA) is 48.3 Å². The predicted molar refractivity (Wildman–Crippen MR) is 217 cm³/mol. The normalized spacial score (nSPS) is 23.8. The van der Waals surface area contributed by atoms with Gasteiger partial charge in [-0.25, -0.2) is 0 Å². The molecule has 2 heterocycles. The first-order valence-corrected chi connectivity index (χ1v) is 18.8. The number of carbonyl (C=O) groups excluding carboxylic acids is 1. The molecular weight excluding hydrogens is 695 g/mol.